The molecule has 1 aromatic heterocycles. The Hall–Kier alpha value is -3.19. The minimum atomic E-state index is -3.81. The molecule has 1 heterocycles. The van der Waals surface area contributed by atoms with Crippen molar-refractivity contribution in [1.29, 1.82) is 0 Å². The van der Waals surface area contributed by atoms with Gasteiger partial charge < -0.3 is 4.90 Å². The zero-order valence-corrected chi connectivity index (χ0v) is 19.6. The highest BCUT2D eigenvalue weighted by Gasteiger charge is 2.21. The molecule has 0 saturated heterocycles. The molecule has 6 nitrogen and oxygen atoms in total. The van der Waals surface area contributed by atoms with Crippen LogP contribution in [0.5, 0.6) is 0 Å². The van der Waals surface area contributed by atoms with Crippen LogP contribution in [-0.4, -0.2) is 36.3 Å². The maximum atomic E-state index is 12.8. The highest BCUT2D eigenvalue weighted by atomic mass is 32.2. The third-order valence-electron chi connectivity index (χ3n) is 5.05. The average molecular weight is 452 g/mol. The van der Waals surface area contributed by atoms with Gasteiger partial charge in [0.05, 0.1) is 17.0 Å². The van der Waals surface area contributed by atoms with E-state index in [0.717, 1.165) is 11.1 Å². The number of carbonyl (C=O) groups is 1. The van der Waals surface area contributed by atoms with Gasteiger partial charge in [0.1, 0.15) is 5.82 Å². The lowest BCUT2D eigenvalue weighted by Crippen LogP contribution is -2.43. The fourth-order valence-corrected chi connectivity index (χ4v) is 4.71. The smallest absolute Gasteiger partial charge is 0.263 e. The van der Waals surface area contributed by atoms with Gasteiger partial charge >= 0.3 is 0 Å². The van der Waals surface area contributed by atoms with E-state index in [2.05, 4.69) is 9.71 Å². The van der Waals surface area contributed by atoms with Crippen LogP contribution in [0.1, 0.15) is 33.4 Å². The second-order valence-electron chi connectivity index (χ2n) is 8.18. The normalized spacial score (nSPS) is 11.6. The molecule has 0 aliphatic rings. The number of pyridine rings is 1. The van der Waals surface area contributed by atoms with E-state index in [1.807, 2.05) is 58.0 Å². The van der Waals surface area contributed by atoms with Gasteiger partial charge in [0.25, 0.3) is 10.0 Å². The van der Waals surface area contributed by atoms with Gasteiger partial charge in [0, 0.05) is 12.1 Å². The second-order valence-corrected chi connectivity index (χ2v) is 9.86. The summed E-state index contributed by atoms with van der Waals surface area (Å²) >= 11 is 0. The van der Waals surface area contributed by atoms with Crippen molar-refractivity contribution in [3.05, 3.63) is 78.5 Å². The molecule has 3 rings (SSSR count). The van der Waals surface area contributed by atoms with E-state index < -0.39 is 10.0 Å². The van der Waals surface area contributed by atoms with E-state index in [9.17, 15) is 13.2 Å². The Labute approximate surface area is 190 Å². The monoisotopic (exact) mass is 451 g/mol. The second kappa shape index (κ2) is 9.96. The van der Waals surface area contributed by atoms with Crippen molar-refractivity contribution < 1.29 is 13.2 Å². The highest BCUT2D eigenvalue weighted by molar-refractivity contribution is 7.92. The van der Waals surface area contributed by atoms with E-state index in [1.54, 1.807) is 47.4 Å². The predicted molar refractivity (Wildman–Crippen MR) is 128 cm³/mol. The maximum Gasteiger partial charge on any atom is 0.263 e. The summed E-state index contributed by atoms with van der Waals surface area (Å²) in [6.45, 7) is 7.88. The SMILES string of the molecule is CC(C)N(C(=O)Cc1cccc(NS(=O)(=O)c2ccc(-c3ccccc3)cc2)n1)C(C)C. The minimum absolute atomic E-state index is 0.0426. The molecule has 1 amide bonds. The lowest BCUT2D eigenvalue weighted by molar-refractivity contribution is -0.134. The standard InChI is InChI=1S/C25H29N3O3S/c1-18(2)28(19(3)4)25(29)17-22-11-8-12-24(26-22)27-32(30,31)23-15-13-21(14-16-23)20-9-6-5-7-10-20/h5-16,18-19H,17H2,1-4H3,(H,26,27). The molecular formula is C25H29N3O3S. The zero-order chi connectivity index (χ0) is 23.3. The molecule has 0 fully saturated rings. The van der Waals surface area contributed by atoms with Crippen LogP contribution >= 0.6 is 0 Å². The molecule has 168 valence electrons. The summed E-state index contributed by atoms with van der Waals surface area (Å²) in [5.41, 5.74) is 2.46. The van der Waals surface area contributed by atoms with Crippen LogP contribution in [0, 0.1) is 0 Å². The van der Waals surface area contributed by atoms with Gasteiger partial charge in [-0.3, -0.25) is 9.52 Å². The average Bonchev–Trinajstić information content (AvgIpc) is 2.74. The number of amides is 1. The first kappa shape index (κ1) is 23.5. The number of aromatic nitrogens is 1. The molecule has 7 heteroatoms. The molecule has 2 aromatic carbocycles. The molecule has 0 atom stereocenters. The molecule has 32 heavy (non-hydrogen) atoms. The summed E-state index contributed by atoms with van der Waals surface area (Å²) in [5.74, 6) is 0.141. The first-order valence-electron chi connectivity index (χ1n) is 10.6. The van der Waals surface area contributed by atoms with Crippen LogP contribution in [0.15, 0.2) is 77.7 Å². The third-order valence-corrected chi connectivity index (χ3v) is 6.42. The zero-order valence-electron chi connectivity index (χ0n) is 18.8. The fraction of sp³-hybridized carbons (Fsp3) is 0.280. The number of hydrogen-bond acceptors (Lipinski definition) is 4. The summed E-state index contributed by atoms with van der Waals surface area (Å²) in [4.78, 5) is 19.0. The Bertz CT molecular complexity index is 1150. The molecule has 0 aliphatic heterocycles. The van der Waals surface area contributed by atoms with Crippen molar-refractivity contribution >= 4 is 21.7 Å². The van der Waals surface area contributed by atoms with E-state index in [4.69, 9.17) is 0 Å². The number of anilines is 1. The first-order chi connectivity index (χ1) is 15.2. The maximum absolute atomic E-state index is 12.8. The summed E-state index contributed by atoms with van der Waals surface area (Å²) < 4.78 is 28.2. The number of hydrogen-bond donors (Lipinski definition) is 1. The van der Waals surface area contributed by atoms with Crippen LogP contribution in [0.4, 0.5) is 5.82 Å². The van der Waals surface area contributed by atoms with Crippen molar-refractivity contribution in [2.45, 2.75) is 51.1 Å². The summed E-state index contributed by atoms with van der Waals surface area (Å²) in [6, 6.07) is 21.6. The van der Waals surface area contributed by atoms with Gasteiger partial charge in [0.15, 0.2) is 0 Å². The van der Waals surface area contributed by atoms with Crippen LogP contribution in [0.2, 0.25) is 0 Å². The van der Waals surface area contributed by atoms with Crippen LogP contribution < -0.4 is 4.72 Å². The largest absolute Gasteiger partial charge is 0.338 e. The van der Waals surface area contributed by atoms with E-state index >= 15 is 0 Å². The summed E-state index contributed by atoms with van der Waals surface area (Å²) in [5, 5.41) is 0. The number of sulfonamides is 1. The molecule has 0 spiro atoms. The summed E-state index contributed by atoms with van der Waals surface area (Å²) in [6.07, 6.45) is 0.109. The van der Waals surface area contributed by atoms with E-state index in [-0.39, 0.29) is 35.1 Å². The van der Waals surface area contributed by atoms with Gasteiger partial charge in [0.2, 0.25) is 5.91 Å². The van der Waals surface area contributed by atoms with Gasteiger partial charge in [-0.2, -0.15) is 0 Å². The quantitative estimate of drug-likeness (QED) is 0.537. The van der Waals surface area contributed by atoms with E-state index in [0.29, 0.717) is 5.69 Å². The van der Waals surface area contributed by atoms with Gasteiger partial charge in [-0.05, 0) is 63.1 Å². The van der Waals surface area contributed by atoms with Gasteiger partial charge in [-0.1, -0.05) is 48.5 Å². The van der Waals surface area contributed by atoms with Crippen molar-refractivity contribution in [2.24, 2.45) is 0 Å². The minimum Gasteiger partial charge on any atom is -0.338 e. The lowest BCUT2D eigenvalue weighted by Gasteiger charge is -2.30. The Balaban J connectivity index is 1.75. The van der Waals surface area contributed by atoms with Crippen molar-refractivity contribution in [3.63, 3.8) is 0 Å². The van der Waals surface area contributed by atoms with Crippen LogP contribution in [0.3, 0.4) is 0 Å². The third kappa shape index (κ3) is 5.73. The van der Waals surface area contributed by atoms with E-state index in [1.165, 1.54) is 0 Å². The van der Waals surface area contributed by atoms with Gasteiger partial charge in [-0.15, -0.1) is 0 Å². The lowest BCUT2D eigenvalue weighted by atomic mass is 10.1. The molecule has 3 aromatic rings. The van der Waals surface area contributed by atoms with Gasteiger partial charge in [-0.25, -0.2) is 13.4 Å². The van der Waals surface area contributed by atoms with Crippen molar-refractivity contribution in [1.82, 2.24) is 9.88 Å². The number of nitrogens with one attached hydrogen (secondary N) is 1. The fourth-order valence-electron chi connectivity index (χ4n) is 3.71. The molecule has 0 saturated carbocycles. The number of nitrogens with zero attached hydrogens (tertiary/aromatic N) is 2. The first-order valence-corrected chi connectivity index (χ1v) is 12.1. The predicted octanol–water partition coefficient (Wildman–Crippen LogP) is 4.74. The number of carbonyl (C=O) groups excluding carboxylic acids is 1. The Morgan fingerprint density at radius 1 is 0.844 bits per heavy atom. The Kier molecular flexibility index (Phi) is 7.30. The molecule has 0 unspecified atom stereocenters. The Morgan fingerprint density at radius 2 is 1.44 bits per heavy atom. The molecule has 0 radical (unpaired) electrons. The number of rotatable bonds is 8. The van der Waals surface area contributed by atoms with Crippen LogP contribution in [-0.2, 0) is 21.2 Å². The van der Waals surface area contributed by atoms with Crippen LogP contribution in [0.25, 0.3) is 11.1 Å². The Morgan fingerprint density at radius 3 is 2.03 bits per heavy atom. The van der Waals surface area contributed by atoms with Crippen molar-refractivity contribution in [2.75, 3.05) is 4.72 Å². The molecule has 0 bridgehead atoms. The topological polar surface area (TPSA) is 79.4 Å². The number of benzene rings is 2. The summed E-state index contributed by atoms with van der Waals surface area (Å²) in [7, 11) is -3.81. The van der Waals surface area contributed by atoms with Crippen molar-refractivity contribution in [3.8, 4) is 11.1 Å². The molecule has 0 aliphatic carbocycles. The highest BCUT2D eigenvalue weighted by Crippen LogP contribution is 2.22. The molecule has 1 N–H and O–H groups in total. The molecular weight excluding hydrogens is 422 g/mol.